The number of benzene rings is 1. The van der Waals surface area contributed by atoms with Gasteiger partial charge in [-0.15, -0.1) is 10.2 Å². The first-order valence-electron chi connectivity index (χ1n) is 9.75. The molecule has 0 spiro atoms. The molecule has 1 aromatic carbocycles. The topological polar surface area (TPSA) is 96.2 Å². The molecule has 0 fully saturated rings. The van der Waals surface area contributed by atoms with Gasteiger partial charge in [-0.05, 0) is 55.8 Å². The number of anilines is 1. The number of aliphatic hydroxyl groups is 1. The first-order valence-corrected chi connectivity index (χ1v) is 9.75. The van der Waals surface area contributed by atoms with Gasteiger partial charge in [-0.25, -0.2) is 9.37 Å². The Morgan fingerprint density at radius 2 is 2.17 bits per heavy atom. The third-order valence-corrected chi connectivity index (χ3v) is 5.27. The van der Waals surface area contributed by atoms with Gasteiger partial charge < -0.3 is 19.9 Å². The van der Waals surface area contributed by atoms with Crippen LogP contribution in [-0.2, 0) is 13.0 Å². The number of hydrogen-bond donors (Lipinski definition) is 2. The molecular formula is C21H23FN6O2. The van der Waals surface area contributed by atoms with Gasteiger partial charge in [-0.3, -0.25) is 4.79 Å². The van der Waals surface area contributed by atoms with E-state index in [0.29, 0.717) is 18.1 Å². The van der Waals surface area contributed by atoms with Gasteiger partial charge in [0.2, 0.25) is 0 Å². The fourth-order valence-corrected chi connectivity index (χ4v) is 3.54. The summed E-state index contributed by atoms with van der Waals surface area (Å²) in [5, 5.41) is 20.0. The molecule has 3 heterocycles. The van der Waals surface area contributed by atoms with Crippen molar-refractivity contribution in [1.82, 2.24) is 24.6 Å². The Morgan fingerprint density at radius 3 is 2.97 bits per heavy atom. The second-order valence-electron chi connectivity index (χ2n) is 7.54. The van der Waals surface area contributed by atoms with E-state index >= 15 is 0 Å². The summed E-state index contributed by atoms with van der Waals surface area (Å²) in [5.74, 6) is -0.351. The molecule has 0 aliphatic carbocycles. The van der Waals surface area contributed by atoms with Gasteiger partial charge in [0.15, 0.2) is 5.82 Å². The van der Waals surface area contributed by atoms with Crippen molar-refractivity contribution in [2.45, 2.75) is 25.9 Å². The molecule has 1 aliphatic rings. The van der Waals surface area contributed by atoms with E-state index in [9.17, 15) is 14.3 Å². The number of fused-ring (bicyclic) bond motifs is 1. The molecule has 1 aliphatic heterocycles. The third kappa shape index (κ3) is 3.94. The van der Waals surface area contributed by atoms with Crippen LogP contribution < -0.4 is 5.32 Å². The van der Waals surface area contributed by atoms with Gasteiger partial charge in [0, 0.05) is 13.1 Å². The monoisotopic (exact) mass is 410 g/mol. The zero-order valence-electron chi connectivity index (χ0n) is 16.8. The van der Waals surface area contributed by atoms with E-state index in [1.54, 1.807) is 28.8 Å². The van der Waals surface area contributed by atoms with E-state index in [0.717, 1.165) is 24.1 Å². The zero-order chi connectivity index (χ0) is 21.3. The minimum atomic E-state index is -0.557. The van der Waals surface area contributed by atoms with Gasteiger partial charge in [0.05, 0.1) is 18.2 Å². The fraction of sp³-hybridized carbons (Fsp3) is 0.333. The predicted octanol–water partition coefficient (Wildman–Crippen LogP) is 2.27. The highest BCUT2D eigenvalue weighted by atomic mass is 19.1. The number of carbonyl (C=O) groups excluding carboxylic acids is 1. The second-order valence-corrected chi connectivity index (χ2v) is 7.54. The van der Waals surface area contributed by atoms with E-state index in [4.69, 9.17) is 0 Å². The summed E-state index contributed by atoms with van der Waals surface area (Å²) in [6.45, 7) is 3.31. The number of pyridine rings is 1. The van der Waals surface area contributed by atoms with E-state index in [2.05, 4.69) is 25.4 Å². The van der Waals surface area contributed by atoms with Crippen molar-refractivity contribution in [3.05, 3.63) is 59.2 Å². The summed E-state index contributed by atoms with van der Waals surface area (Å²) < 4.78 is 16.3. The minimum absolute atomic E-state index is 0.00618. The maximum absolute atomic E-state index is 14.6. The number of nitrogens with zero attached hydrogens (tertiary/aromatic N) is 5. The van der Waals surface area contributed by atoms with Crippen LogP contribution in [0.5, 0.6) is 0 Å². The summed E-state index contributed by atoms with van der Waals surface area (Å²) >= 11 is 0. The Kier molecular flexibility index (Phi) is 5.56. The van der Waals surface area contributed by atoms with Crippen LogP contribution in [0, 0.1) is 5.82 Å². The van der Waals surface area contributed by atoms with Crippen LogP contribution in [0.1, 0.15) is 34.5 Å². The lowest BCUT2D eigenvalue weighted by atomic mass is 9.97. The first kappa shape index (κ1) is 20.1. The maximum atomic E-state index is 14.6. The Balaban J connectivity index is 1.59. The van der Waals surface area contributed by atoms with Crippen molar-refractivity contribution in [1.29, 1.82) is 0 Å². The molecule has 2 aromatic heterocycles. The van der Waals surface area contributed by atoms with E-state index in [-0.39, 0.29) is 24.0 Å². The number of rotatable bonds is 5. The second kappa shape index (κ2) is 8.29. The number of hydrogen-bond acceptors (Lipinski definition) is 6. The SMILES string of the molecule is C[C@H](CO)n1cnnc1-c1cccc(NC(=O)c2cc3c(cc2F)CCN(C)C3)n1. The molecule has 2 N–H and O–H groups in total. The molecule has 4 rings (SSSR count). The lowest BCUT2D eigenvalue weighted by Gasteiger charge is -2.25. The smallest absolute Gasteiger partial charge is 0.259 e. The Bertz CT molecular complexity index is 1080. The molecule has 1 atom stereocenters. The average molecular weight is 410 g/mol. The minimum Gasteiger partial charge on any atom is -0.394 e. The van der Waals surface area contributed by atoms with Gasteiger partial charge in [0.1, 0.15) is 23.7 Å². The molecule has 0 bridgehead atoms. The Labute approximate surface area is 173 Å². The summed E-state index contributed by atoms with van der Waals surface area (Å²) in [7, 11) is 2.00. The van der Waals surface area contributed by atoms with Crippen molar-refractivity contribution in [3.8, 4) is 11.5 Å². The first-order chi connectivity index (χ1) is 14.5. The van der Waals surface area contributed by atoms with Crippen LogP contribution in [-0.4, -0.2) is 55.9 Å². The molecule has 0 unspecified atom stereocenters. The number of aromatic nitrogens is 4. The lowest BCUT2D eigenvalue weighted by molar-refractivity contribution is 0.102. The molecule has 0 saturated heterocycles. The van der Waals surface area contributed by atoms with Crippen LogP contribution in [0.25, 0.3) is 11.5 Å². The molecule has 156 valence electrons. The largest absolute Gasteiger partial charge is 0.394 e. The zero-order valence-corrected chi connectivity index (χ0v) is 16.8. The van der Waals surface area contributed by atoms with Gasteiger partial charge in [-0.2, -0.15) is 0 Å². The molecule has 3 aromatic rings. The fourth-order valence-electron chi connectivity index (χ4n) is 3.54. The highest BCUT2D eigenvalue weighted by Gasteiger charge is 2.20. The predicted molar refractivity (Wildman–Crippen MR) is 109 cm³/mol. The summed E-state index contributed by atoms with van der Waals surface area (Å²) in [5.41, 5.74) is 2.38. The van der Waals surface area contributed by atoms with E-state index < -0.39 is 11.7 Å². The van der Waals surface area contributed by atoms with Gasteiger partial charge in [-0.1, -0.05) is 6.07 Å². The van der Waals surface area contributed by atoms with Crippen molar-refractivity contribution in [2.24, 2.45) is 0 Å². The number of likely N-dealkylation sites (N-methyl/N-ethyl adjacent to an activating group) is 1. The molecule has 1 amide bonds. The van der Waals surface area contributed by atoms with Crippen molar-refractivity contribution < 1.29 is 14.3 Å². The number of halogens is 1. The van der Waals surface area contributed by atoms with Crippen LogP contribution in [0.2, 0.25) is 0 Å². The number of nitrogens with one attached hydrogen (secondary N) is 1. The van der Waals surface area contributed by atoms with Gasteiger partial charge >= 0.3 is 0 Å². The average Bonchev–Trinajstić information content (AvgIpc) is 3.23. The molecule has 8 nitrogen and oxygen atoms in total. The maximum Gasteiger partial charge on any atom is 0.259 e. The molecular weight excluding hydrogens is 387 g/mol. The van der Waals surface area contributed by atoms with E-state index in [1.165, 1.54) is 12.4 Å². The quantitative estimate of drug-likeness (QED) is 0.670. The molecule has 30 heavy (non-hydrogen) atoms. The normalized spacial score (nSPS) is 14.9. The summed E-state index contributed by atoms with van der Waals surface area (Å²) in [4.78, 5) is 19.3. The van der Waals surface area contributed by atoms with Crippen LogP contribution in [0.3, 0.4) is 0 Å². The van der Waals surface area contributed by atoms with Crippen molar-refractivity contribution >= 4 is 11.7 Å². The standard InChI is InChI=1S/C21H23FN6O2/c1-13(11-29)28-12-23-26-20(28)18-4-3-5-19(24-18)25-21(30)16-8-15-10-27(2)7-6-14(15)9-17(16)22/h3-5,8-9,12-13,29H,6-7,10-11H2,1-2H3,(H,24,25,30)/t13-/m1/s1. The summed E-state index contributed by atoms with van der Waals surface area (Å²) in [6, 6.07) is 7.94. The van der Waals surface area contributed by atoms with Crippen LogP contribution in [0.15, 0.2) is 36.7 Å². The molecule has 9 heteroatoms. The van der Waals surface area contributed by atoms with Gasteiger partial charge in [0.25, 0.3) is 5.91 Å². The summed E-state index contributed by atoms with van der Waals surface area (Å²) in [6.07, 6.45) is 2.28. The molecule has 0 saturated carbocycles. The Morgan fingerprint density at radius 1 is 1.33 bits per heavy atom. The van der Waals surface area contributed by atoms with E-state index in [1.807, 2.05) is 14.0 Å². The highest BCUT2D eigenvalue weighted by Crippen LogP contribution is 2.24. The van der Waals surface area contributed by atoms with Crippen LogP contribution in [0.4, 0.5) is 10.2 Å². The molecule has 0 radical (unpaired) electrons. The highest BCUT2D eigenvalue weighted by molar-refractivity contribution is 6.04. The number of aliphatic hydroxyl groups excluding tert-OH is 1. The number of carbonyl (C=O) groups is 1. The van der Waals surface area contributed by atoms with Crippen molar-refractivity contribution in [3.63, 3.8) is 0 Å². The lowest BCUT2D eigenvalue weighted by Crippen LogP contribution is -2.27. The number of amides is 1. The van der Waals surface area contributed by atoms with Crippen LogP contribution >= 0.6 is 0 Å². The van der Waals surface area contributed by atoms with Crippen molar-refractivity contribution in [2.75, 3.05) is 25.5 Å². The Hall–Kier alpha value is -3.17. The third-order valence-electron chi connectivity index (χ3n) is 5.27.